The van der Waals surface area contributed by atoms with Gasteiger partial charge in [0.2, 0.25) is 5.91 Å². The van der Waals surface area contributed by atoms with Gasteiger partial charge in [-0.05, 0) is 37.4 Å². The number of rotatable bonds is 2. The molecule has 1 fully saturated rings. The number of aromatic nitrogens is 1. The van der Waals surface area contributed by atoms with Crippen LogP contribution in [0.4, 0.5) is 5.82 Å². The molecule has 0 aromatic carbocycles. The molecule has 0 saturated carbocycles. The molecule has 2 atom stereocenters. The third kappa shape index (κ3) is 2.96. The average Bonchev–Trinajstić information content (AvgIpc) is 2.32. The molecule has 1 amide bonds. The Labute approximate surface area is 106 Å². The van der Waals surface area contributed by atoms with E-state index in [-0.39, 0.29) is 11.9 Å². The summed E-state index contributed by atoms with van der Waals surface area (Å²) in [6.45, 7) is 2.97. The number of amides is 1. The molecule has 0 bridgehead atoms. The van der Waals surface area contributed by atoms with Crippen LogP contribution in [0.15, 0.2) is 18.3 Å². The van der Waals surface area contributed by atoms with Crippen molar-refractivity contribution in [3.63, 3.8) is 0 Å². The van der Waals surface area contributed by atoms with Gasteiger partial charge in [-0.2, -0.15) is 0 Å². The molecule has 4 nitrogen and oxygen atoms in total. The van der Waals surface area contributed by atoms with E-state index in [1.807, 2.05) is 0 Å². The first-order chi connectivity index (χ1) is 8.18. The first-order valence-corrected chi connectivity index (χ1v) is 6.21. The van der Waals surface area contributed by atoms with E-state index >= 15 is 0 Å². The van der Waals surface area contributed by atoms with Crippen molar-refractivity contribution in [1.82, 2.24) is 10.3 Å². The number of nitrogens with zero attached hydrogens (tertiary/aromatic N) is 1. The quantitative estimate of drug-likeness (QED) is 0.848. The molecule has 0 aliphatic carbocycles. The van der Waals surface area contributed by atoms with E-state index in [1.165, 1.54) is 0 Å². The van der Waals surface area contributed by atoms with Gasteiger partial charge in [0.05, 0.1) is 11.1 Å². The molecule has 17 heavy (non-hydrogen) atoms. The first kappa shape index (κ1) is 12.3. The number of nitrogens with one attached hydrogen (secondary N) is 2. The van der Waals surface area contributed by atoms with Gasteiger partial charge in [0.15, 0.2) is 5.82 Å². The van der Waals surface area contributed by atoms with E-state index in [0.29, 0.717) is 16.8 Å². The predicted molar refractivity (Wildman–Crippen MR) is 68.1 cm³/mol. The molecule has 1 aromatic heterocycles. The van der Waals surface area contributed by atoms with E-state index in [4.69, 9.17) is 11.6 Å². The molecule has 2 rings (SSSR count). The van der Waals surface area contributed by atoms with Gasteiger partial charge >= 0.3 is 0 Å². The van der Waals surface area contributed by atoms with Gasteiger partial charge in [-0.1, -0.05) is 18.5 Å². The Bertz CT molecular complexity index is 410. The Hall–Kier alpha value is -1.13. The van der Waals surface area contributed by atoms with Crippen LogP contribution >= 0.6 is 11.6 Å². The average molecular weight is 254 g/mol. The minimum Gasteiger partial charge on any atom is -0.308 e. The molecule has 1 aromatic rings. The first-order valence-electron chi connectivity index (χ1n) is 5.83. The normalized spacial score (nSPS) is 24.4. The minimum atomic E-state index is -0.151. The fraction of sp³-hybridized carbons (Fsp3) is 0.500. The van der Waals surface area contributed by atoms with Crippen LogP contribution < -0.4 is 10.6 Å². The third-order valence-corrected chi connectivity index (χ3v) is 3.36. The van der Waals surface area contributed by atoms with E-state index in [1.54, 1.807) is 18.3 Å². The largest absolute Gasteiger partial charge is 0.308 e. The van der Waals surface area contributed by atoms with Crippen LogP contribution in [-0.4, -0.2) is 23.5 Å². The smallest absolute Gasteiger partial charge is 0.242 e. The molecule has 0 spiro atoms. The van der Waals surface area contributed by atoms with Gasteiger partial charge in [0, 0.05) is 6.20 Å². The summed E-state index contributed by atoms with van der Waals surface area (Å²) in [7, 11) is 0. The summed E-state index contributed by atoms with van der Waals surface area (Å²) in [5, 5.41) is 6.45. The fourth-order valence-corrected chi connectivity index (χ4v) is 2.24. The van der Waals surface area contributed by atoms with Crippen molar-refractivity contribution in [1.29, 1.82) is 0 Å². The molecule has 0 radical (unpaired) electrons. The van der Waals surface area contributed by atoms with Crippen LogP contribution in [0.3, 0.4) is 0 Å². The van der Waals surface area contributed by atoms with E-state index in [2.05, 4.69) is 22.5 Å². The summed E-state index contributed by atoms with van der Waals surface area (Å²) in [6.07, 6.45) is 3.80. The van der Waals surface area contributed by atoms with Gasteiger partial charge in [0.1, 0.15) is 0 Å². The van der Waals surface area contributed by atoms with Crippen LogP contribution in [0, 0.1) is 5.92 Å². The summed E-state index contributed by atoms with van der Waals surface area (Å²) in [5.74, 6) is 0.711. The zero-order valence-electron chi connectivity index (χ0n) is 9.74. The molecular weight excluding hydrogens is 238 g/mol. The highest BCUT2D eigenvalue weighted by atomic mass is 35.5. The van der Waals surface area contributed by atoms with Crippen molar-refractivity contribution < 1.29 is 4.79 Å². The van der Waals surface area contributed by atoms with E-state index < -0.39 is 0 Å². The second-order valence-electron chi connectivity index (χ2n) is 4.37. The van der Waals surface area contributed by atoms with Crippen molar-refractivity contribution in [2.45, 2.75) is 25.8 Å². The summed E-state index contributed by atoms with van der Waals surface area (Å²) in [4.78, 5) is 16.1. The Morgan fingerprint density at radius 3 is 3.18 bits per heavy atom. The van der Waals surface area contributed by atoms with Crippen LogP contribution in [0.1, 0.15) is 19.8 Å². The van der Waals surface area contributed by atoms with Crippen molar-refractivity contribution in [2.75, 3.05) is 11.9 Å². The molecule has 92 valence electrons. The summed E-state index contributed by atoms with van der Waals surface area (Å²) in [6, 6.07) is 3.29. The Morgan fingerprint density at radius 2 is 2.47 bits per heavy atom. The monoisotopic (exact) mass is 253 g/mol. The second-order valence-corrected chi connectivity index (χ2v) is 4.78. The van der Waals surface area contributed by atoms with Crippen molar-refractivity contribution in [3.8, 4) is 0 Å². The number of piperidine rings is 1. The lowest BCUT2D eigenvalue weighted by Gasteiger charge is -2.28. The lowest BCUT2D eigenvalue weighted by molar-refractivity contribution is -0.119. The summed E-state index contributed by atoms with van der Waals surface area (Å²) < 4.78 is 0. The van der Waals surface area contributed by atoms with Crippen LogP contribution in [0.25, 0.3) is 0 Å². The predicted octanol–water partition coefficient (Wildman–Crippen LogP) is 2.06. The Kier molecular flexibility index (Phi) is 3.97. The second kappa shape index (κ2) is 5.47. The highest BCUT2D eigenvalue weighted by Gasteiger charge is 2.27. The number of halogens is 1. The lowest BCUT2D eigenvalue weighted by atomic mass is 9.92. The minimum absolute atomic E-state index is 0.0576. The highest BCUT2D eigenvalue weighted by Crippen LogP contribution is 2.20. The SMILES string of the molecule is CC1CCCNC1C(=O)Nc1ncccc1Cl. The molecule has 1 aliphatic heterocycles. The number of anilines is 1. The number of carbonyl (C=O) groups is 1. The molecule has 2 unspecified atom stereocenters. The fourth-order valence-electron chi connectivity index (χ4n) is 2.07. The number of pyridine rings is 1. The van der Waals surface area contributed by atoms with Gasteiger partial charge in [-0.3, -0.25) is 4.79 Å². The molecular formula is C12H16ClN3O. The summed E-state index contributed by atoms with van der Waals surface area (Å²) >= 11 is 5.95. The maximum absolute atomic E-state index is 12.1. The number of carbonyl (C=O) groups excluding carboxylic acids is 1. The third-order valence-electron chi connectivity index (χ3n) is 3.05. The van der Waals surface area contributed by atoms with Crippen LogP contribution in [-0.2, 0) is 4.79 Å². The zero-order chi connectivity index (χ0) is 12.3. The summed E-state index contributed by atoms with van der Waals surface area (Å²) in [5.41, 5.74) is 0. The van der Waals surface area contributed by atoms with Gasteiger partial charge < -0.3 is 10.6 Å². The molecule has 2 N–H and O–H groups in total. The van der Waals surface area contributed by atoms with E-state index in [9.17, 15) is 4.79 Å². The maximum Gasteiger partial charge on any atom is 0.242 e. The number of hydrogen-bond acceptors (Lipinski definition) is 3. The van der Waals surface area contributed by atoms with E-state index in [0.717, 1.165) is 19.4 Å². The van der Waals surface area contributed by atoms with Crippen molar-refractivity contribution >= 4 is 23.3 Å². The number of hydrogen-bond donors (Lipinski definition) is 2. The topological polar surface area (TPSA) is 54.0 Å². The Morgan fingerprint density at radius 1 is 1.65 bits per heavy atom. The standard InChI is InChI=1S/C12H16ClN3O/c1-8-4-2-6-14-10(8)12(17)16-11-9(13)5-3-7-15-11/h3,5,7-8,10,14H,2,4,6H2,1H3,(H,15,16,17). The van der Waals surface area contributed by atoms with Gasteiger partial charge in [-0.25, -0.2) is 4.98 Å². The zero-order valence-corrected chi connectivity index (χ0v) is 10.5. The van der Waals surface area contributed by atoms with Crippen molar-refractivity contribution in [3.05, 3.63) is 23.4 Å². The van der Waals surface area contributed by atoms with Gasteiger partial charge in [-0.15, -0.1) is 0 Å². The van der Waals surface area contributed by atoms with Crippen LogP contribution in [0.5, 0.6) is 0 Å². The Balaban J connectivity index is 2.03. The molecule has 5 heteroatoms. The lowest BCUT2D eigenvalue weighted by Crippen LogP contribution is -2.48. The van der Waals surface area contributed by atoms with Gasteiger partial charge in [0.25, 0.3) is 0 Å². The maximum atomic E-state index is 12.1. The molecule has 1 aliphatic rings. The molecule has 1 saturated heterocycles. The van der Waals surface area contributed by atoms with Crippen molar-refractivity contribution in [2.24, 2.45) is 5.92 Å². The highest BCUT2D eigenvalue weighted by molar-refractivity contribution is 6.33. The molecule has 2 heterocycles. The van der Waals surface area contributed by atoms with Crippen LogP contribution in [0.2, 0.25) is 5.02 Å².